The number of aliphatic hydroxyl groups is 2. The summed E-state index contributed by atoms with van der Waals surface area (Å²) in [5, 5.41) is 24.9. The van der Waals surface area contributed by atoms with Crippen LogP contribution in [0, 0.1) is 0 Å². The topological polar surface area (TPSA) is 136 Å². The van der Waals surface area contributed by atoms with Crippen LogP contribution in [0.1, 0.15) is 11.0 Å². The fourth-order valence-electron chi connectivity index (χ4n) is 1.62. The molecule has 7 N–H and O–H groups in total. The Morgan fingerprint density at radius 3 is 3.12 bits per heavy atom. The quantitative estimate of drug-likeness (QED) is 0.365. The number of nitrogen functional groups attached to an aromatic ring is 1. The molecule has 17 heavy (non-hydrogen) atoms. The average molecular weight is 244 g/mol. The van der Waals surface area contributed by atoms with Gasteiger partial charge >= 0.3 is 0 Å². The van der Waals surface area contributed by atoms with Gasteiger partial charge in [0.15, 0.2) is 5.82 Å². The summed E-state index contributed by atoms with van der Waals surface area (Å²) in [4.78, 5) is 17.8. The molecule has 0 aliphatic carbocycles. The summed E-state index contributed by atoms with van der Waals surface area (Å²) < 4.78 is 21.2. The van der Waals surface area contributed by atoms with Crippen LogP contribution in [-0.2, 0) is 0 Å². The smallest absolute Gasteiger partial charge is 0.277 e. The van der Waals surface area contributed by atoms with Gasteiger partial charge in [0.25, 0.3) is 5.56 Å². The predicted molar refractivity (Wildman–Crippen MR) is 62.9 cm³/mol. The molecule has 1 aromatic rings. The molecule has 0 saturated carbocycles. The van der Waals surface area contributed by atoms with Crippen molar-refractivity contribution in [3.63, 3.8) is 0 Å². The summed E-state index contributed by atoms with van der Waals surface area (Å²) in [5.41, 5.74) is 4.86. The first-order valence-corrected chi connectivity index (χ1v) is 4.96. The summed E-state index contributed by atoms with van der Waals surface area (Å²) in [7, 11) is 0. The zero-order chi connectivity index (χ0) is 15.1. The van der Waals surface area contributed by atoms with Gasteiger partial charge in [0, 0.05) is 10.7 Å². The Kier molecular flexibility index (Phi) is 2.07. The first kappa shape index (κ1) is 8.31. The highest BCUT2D eigenvalue weighted by Crippen LogP contribution is 2.21. The number of nitrogens with one attached hydrogen (secondary N) is 3. The molecule has 1 aliphatic heterocycles. The van der Waals surface area contributed by atoms with Crippen molar-refractivity contribution < 1.29 is 14.3 Å². The molecule has 2 heterocycles. The van der Waals surface area contributed by atoms with E-state index in [9.17, 15) is 15.0 Å². The number of nitrogens with zero attached hydrogens (tertiary/aromatic N) is 1. The fraction of sp³-hybridized carbons (Fsp3) is 0.556. The monoisotopic (exact) mass is 244 g/mol. The second-order valence-electron chi connectivity index (χ2n) is 3.74. The average Bonchev–Trinajstić information content (AvgIpc) is 2.35. The first-order valence-electron chi connectivity index (χ1n) is 6.46. The number of nitrogens with two attached hydrogens (primary N) is 1. The first-order chi connectivity index (χ1) is 9.20. The van der Waals surface area contributed by atoms with Crippen molar-refractivity contribution in [3.8, 4) is 0 Å². The van der Waals surface area contributed by atoms with Crippen LogP contribution >= 0.6 is 0 Å². The van der Waals surface area contributed by atoms with E-state index >= 15 is 0 Å². The molecule has 0 fully saturated rings. The standard InChI is InChI=1S/C9H15N5O3/c1-3(15)6(16)4-2-11-7-5(12-4)8(17)14-9(10)13-7/h3-4,6,12,15-16H,2H2,1H3,(H4,10,11,13,14,17)/t3-,4-,6-/m0/s1/i1D3. The molecule has 1 aliphatic rings. The van der Waals surface area contributed by atoms with E-state index in [0.717, 1.165) is 0 Å². The number of aliphatic hydroxyl groups excluding tert-OH is 2. The van der Waals surface area contributed by atoms with Crippen molar-refractivity contribution >= 4 is 17.5 Å². The van der Waals surface area contributed by atoms with Crippen molar-refractivity contribution in [2.24, 2.45) is 0 Å². The SMILES string of the molecule is [2H]C([2H])([2H])[C@H](O)[C@H](O)[C@@H]1CNc2nc(N)[nH]c(=O)c2N1. The van der Waals surface area contributed by atoms with Gasteiger partial charge in [-0.15, -0.1) is 0 Å². The maximum absolute atomic E-state index is 11.7. The third kappa shape index (κ3) is 2.17. The molecule has 0 unspecified atom stereocenters. The van der Waals surface area contributed by atoms with E-state index < -0.39 is 30.7 Å². The van der Waals surface area contributed by atoms with Crippen LogP contribution in [0.25, 0.3) is 0 Å². The Bertz CT molecular complexity index is 561. The summed E-state index contributed by atoms with van der Waals surface area (Å²) in [6.07, 6.45) is -3.51. The van der Waals surface area contributed by atoms with Crippen LogP contribution in [0.4, 0.5) is 17.5 Å². The second kappa shape index (κ2) is 4.22. The van der Waals surface area contributed by atoms with Gasteiger partial charge in [-0.05, 0) is 6.85 Å². The van der Waals surface area contributed by atoms with Crippen molar-refractivity contribution in [1.29, 1.82) is 0 Å². The predicted octanol–water partition coefficient (Wildman–Crippen LogP) is -1.70. The Balaban J connectivity index is 2.21. The Labute approximate surface area is 101 Å². The van der Waals surface area contributed by atoms with Crippen LogP contribution in [-0.4, -0.2) is 45.0 Å². The van der Waals surface area contributed by atoms with Crippen LogP contribution in [0.3, 0.4) is 0 Å². The van der Waals surface area contributed by atoms with Crippen molar-refractivity contribution in [2.45, 2.75) is 25.1 Å². The number of aromatic amines is 1. The number of rotatable bonds is 2. The maximum atomic E-state index is 11.7. The molecule has 2 rings (SSSR count). The van der Waals surface area contributed by atoms with E-state index in [-0.39, 0.29) is 24.0 Å². The molecule has 3 atom stereocenters. The Morgan fingerprint density at radius 2 is 2.41 bits per heavy atom. The minimum absolute atomic E-state index is 0.0345. The molecule has 1 aromatic heterocycles. The third-order valence-corrected chi connectivity index (χ3v) is 2.49. The zero-order valence-electron chi connectivity index (χ0n) is 11.8. The van der Waals surface area contributed by atoms with Gasteiger partial charge in [0.05, 0.1) is 12.1 Å². The number of hydrogen-bond donors (Lipinski definition) is 6. The number of hydrogen-bond acceptors (Lipinski definition) is 7. The molecule has 0 radical (unpaired) electrons. The summed E-state index contributed by atoms with van der Waals surface area (Å²) in [5.74, 6) is 0.141. The van der Waals surface area contributed by atoms with E-state index in [1.54, 1.807) is 0 Å². The normalized spacial score (nSPS) is 25.3. The van der Waals surface area contributed by atoms with Gasteiger partial charge in [-0.25, -0.2) is 0 Å². The molecule has 0 amide bonds. The number of H-pyrrole nitrogens is 1. The van der Waals surface area contributed by atoms with Crippen LogP contribution < -0.4 is 21.9 Å². The van der Waals surface area contributed by atoms with Gasteiger partial charge < -0.3 is 26.6 Å². The summed E-state index contributed by atoms with van der Waals surface area (Å²) in [6.45, 7) is -2.63. The zero-order valence-corrected chi connectivity index (χ0v) is 8.77. The Hall–Kier alpha value is -1.80. The lowest BCUT2D eigenvalue weighted by atomic mass is 10.0. The van der Waals surface area contributed by atoms with Crippen LogP contribution in [0.2, 0.25) is 0 Å². The van der Waals surface area contributed by atoms with Crippen molar-refractivity contribution in [3.05, 3.63) is 10.4 Å². The lowest BCUT2D eigenvalue weighted by molar-refractivity contribution is 0.0214. The van der Waals surface area contributed by atoms with Crippen molar-refractivity contribution in [1.82, 2.24) is 9.97 Å². The Morgan fingerprint density at radius 1 is 1.65 bits per heavy atom. The van der Waals surface area contributed by atoms with Crippen LogP contribution in [0.5, 0.6) is 0 Å². The van der Waals surface area contributed by atoms with E-state index in [2.05, 4.69) is 20.6 Å². The van der Waals surface area contributed by atoms with Crippen LogP contribution in [0.15, 0.2) is 4.79 Å². The lowest BCUT2D eigenvalue weighted by Crippen LogP contribution is -2.48. The van der Waals surface area contributed by atoms with E-state index in [1.807, 2.05) is 0 Å². The fourth-order valence-corrected chi connectivity index (χ4v) is 1.62. The van der Waals surface area contributed by atoms with Gasteiger partial charge in [-0.3, -0.25) is 9.78 Å². The molecular weight excluding hydrogens is 226 g/mol. The van der Waals surface area contributed by atoms with Gasteiger partial charge in [0.2, 0.25) is 5.95 Å². The molecule has 0 bridgehead atoms. The summed E-state index contributed by atoms with van der Waals surface area (Å²) in [6, 6.07) is -0.857. The summed E-state index contributed by atoms with van der Waals surface area (Å²) >= 11 is 0. The molecule has 0 spiro atoms. The molecule has 94 valence electrons. The second-order valence-corrected chi connectivity index (χ2v) is 3.74. The highest BCUT2D eigenvalue weighted by molar-refractivity contribution is 5.67. The van der Waals surface area contributed by atoms with Gasteiger partial charge in [0.1, 0.15) is 11.8 Å². The van der Waals surface area contributed by atoms with E-state index in [1.165, 1.54) is 0 Å². The van der Waals surface area contributed by atoms with Gasteiger partial charge in [-0.1, -0.05) is 0 Å². The number of aromatic nitrogens is 2. The lowest BCUT2D eigenvalue weighted by Gasteiger charge is -2.31. The highest BCUT2D eigenvalue weighted by atomic mass is 16.3. The molecule has 8 nitrogen and oxygen atoms in total. The maximum Gasteiger partial charge on any atom is 0.277 e. The van der Waals surface area contributed by atoms with Crippen molar-refractivity contribution in [2.75, 3.05) is 22.9 Å². The molecule has 0 aromatic carbocycles. The van der Waals surface area contributed by atoms with E-state index in [4.69, 9.17) is 9.85 Å². The largest absolute Gasteiger partial charge is 0.391 e. The highest BCUT2D eigenvalue weighted by Gasteiger charge is 2.29. The minimum atomic E-state index is -2.72. The number of fused-ring (bicyclic) bond motifs is 1. The number of anilines is 3. The van der Waals surface area contributed by atoms with Gasteiger partial charge in [-0.2, -0.15) is 4.98 Å². The van der Waals surface area contributed by atoms with E-state index in [0.29, 0.717) is 0 Å². The molecular formula is C9H15N5O3. The minimum Gasteiger partial charge on any atom is -0.391 e. The molecule has 8 heteroatoms. The third-order valence-electron chi connectivity index (χ3n) is 2.49. The molecule has 0 saturated heterocycles.